The minimum Gasteiger partial charge on any atom is -0.416 e. The Labute approximate surface area is 78.0 Å². The van der Waals surface area contributed by atoms with Crippen LogP contribution in [0, 0.1) is 0 Å². The van der Waals surface area contributed by atoms with Gasteiger partial charge in [-0.2, -0.15) is 0 Å². The van der Waals surface area contributed by atoms with E-state index in [9.17, 15) is 0 Å². The summed E-state index contributed by atoms with van der Waals surface area (Å²) in [5, 5.41) is 0. The van der Waals surface area contributed by atoms with E-state index in [1.54, 1.807) is 0 Å². The molecule has 0 spiro atoms. The molecule has 3 radical (unpaired) electrons. The quantitative estimate of drug-likeness (QED) is 0.444. The average molecular weight is 192 g/mol. The van der Waals surface area contributed by atoms with Gasteiger partial charge in [0.1, 0.15) is 0 Å². The molecule has 11 heavy (non-hydrogen) atoms. The molecule has 0 aromatic rings. The van der Waals surface area contributed by atoms with Crippen LogP contribution in [0.4, 0.5) is 0 Å². The Bertz CT molecular complexity index is 72.5. The van der Waals surface area contributed by atoms with Gasteiger partial charge in [0.15, 0.2) is 0 Å². The third-order valence-corrected chi connectivity index (χ3v) is 2.31. The predicted molar refractivity (Wildman–Crippen MR) is 50.1 cm³/mol. The molecule has 0 saturated heterocycles. The van der Waals surface area contributed by atoms with Crippen molar-refractivity contribution in [2.75, 3.05) is 5.88 Å². The van der Waals surface area contributed by atoms with Crippen molar-refractivity contribution in [1.29, 1.82) is 0 Å². The summed E-state index contributed by atoms with van der Waals surface area (Å²) in [6.45, 7) is 2.19. The lowest BCUT2D eigenvalue weighted by atomic mass is 10.1. The lowest BCUT2D eigenvalue weighted by Gasteiger charge is -2.13. The molecule has 0 fully saturated rings. The zero-order chi connectivity index (χ0) is 8.53. The fourth-order valence-corrected chi connectivity index (χ4v) is 1.39. The van der Waals surface area contributed by atoms with Gasteiger partial charge in [-0.15, -0.1) is 11.6 Å². The van der Waals surface area contributed by atoms with Gasteiger partial charge in [-0.3, -0.25) is 0 Å². The van der Waals surface area contributed by atoms with Gasteiger partial charge in [-0.1, -0.05) is 19.8 Å². The monoisotopic (exact) mass is 191 g/mol. The number of halogens is 1. The van der Waals surface area contributed by atoms with Crippen molar-refractivity contribution in [2.45, 2.75) is 45.1 Å². The zero-order valence-corrected chi connectivity index (χ0v) is 8.86. The van der Waals surface area contributed by atoms with E-state index < -0.39 is 0 Å². The standard InChI is InChI=1S/C8H16ClOSi/c1-2-3-5-8(10-11)6-4-7-9/h8H,2-7H2,1H3. The predicted octanol–water partition coefficient (Wildman–Crippen LogP) is 2.66. The summed E-state index contributed by atoms with van der Waals surface area (Å²) in [5.74, 6) is 0.734. The zero-order valence-electron chi connectivity index (χ0n) is 7.11. The Morgan fingerprint density at radius 1 is 1.36 bits per heavy atom. The number of rotatable bonds is 7. The maximum Gasteiger partial charge on any atom is 0.246 e. The fraction of sp³-hybridized carbons (Fsp3) is 1.00. The molecule has 65 valence electrons. The van der Waals surface area contributed by atoms with Crippen LogP contribution in [0.2, 0.25) is 0 Å². The summed E-state index contributed by atoms with van der Waals surface area (Å²) in [5.41, 5.74) is 0. The van der Waals surface area contributed by atoms with E-state index in [4.69, 9.17) is 16.0 Å². The molecule has 0 heterocycles. The third-order valence-electron chi connectivity index (χ3n) is 1.71. The van der Waals surface area contributed by atoms with E-state index in [1.165, 1.54) is 12.8 Å². The largest absolute Gasteiger partial charge is 0.416 e. The lowest BCUT2D eigenvalue weighted by Crippen LogP contribution is -2.11. The van der Waals surface area contributed by atoms with Crippen LogP contribution < -0.4 is 0 Å². The van der Waals surface area contributed by atoms with Crippen LogP contribution >= 0.6 is 11.6 Å². The third kappa shape index (κ3) is 6.85. The maximum absolute atomic E-state index is 5.57. The Kier molecular flexibility index (Phi) is 8.93. The van der Waals surface area contributed by atoms with Crippen molar-refractivity contribution in [1.82, 2.24) is 0 Å². The molecule has 0 aliphatic heterocycles. The van der Waals surface area contributed by atoms with Crippen molar-refractivity contribution >= 4 is 22.1 Å². The first-order valence-electron chi connectivity index (χ1n) is 4.23. The molecule has 0 amide bonds. The maximum atomic E-state index is 5.57. The highest BCUT2D eigenvalue weighted by Gasteiger charge is 2.04. The Morgan fingerprint density at radius 2 is 2.00 bits per heavy atom. The highest BCUT2D eigenvalue weighted by atomic mass is 35.5. The molecule has 0 N–H and O–H groups in total. The van der Waals surface area contributed by atoms with Crippen molar-refractivity contribution in [3.05, 3.63) is 0 Å². The normalized spacial score (nSPS) is 13.4. The van der Waals surface area contributed by atoms with Crippen LogP contribution in [-0.2, 0) is 4.43 Å². The van der Waals surface area contributed by atoms with Crippen LogP contribution in [0.25, 0.3) is 0 Å². The van der Waals surface area contributed by atoms with Gasteiger partial charge in [0.2, 0.25) is 10.5 Å². The first-order valence-corrected chi connectivity index (χ1v) is 5.17. The minimum absolute atomic E-state index is 0.352. The molecule has 1 nitrogen and oxygen atoms in total. The Hall–Kier alpha value is 0.467. The number of unbranched alkanes of at least 4 members (excludes halogenated alkanes) is 1. The lowest BCUT2D eigenvalue weighted by molar-refractivity contribution is 0.194. The second kappa shape index (κ2) is 8.56. The minimum atomic E-state index is 0.352. The molecule has 1 unspecified atom stereocenters. The van der Waals surface area contributed by atoms with Gasteiger partial charge in [0.25, 0.3) is 0 Å². The average Bonchev–Trinajstić information content (AvgIpc) is 2.05. The molecule has 0 rings (SSSR count). The fourth-order valence-electron chi connectivity index (χ4n) is 0.999. The number of alkyl halides is 1. The highest BCUT2D eigenvalue weighted by Crippen LogP contribution is 2.09. The molecular weight excluding hydrogens is 176 g/mol. The van der Waals surface area contributed by atoms with E-state index in [0.29, 0.717) is 6.10 Å². The Balaban J connectivity index is 3.25. The first kappa shape index (κ1) is 11.5. The van der Waals surface area contributed by atoms with Crippen LogP contribution in [-0.4, -0.2) is 22.5 Å². The highest BCUT2D eigenvalue weighted by molar-refractivity contribution is 6.17. The summed E-state index contributed by atoms with van der Waals surface area (Å²) in [6.07, 6.45) is 6.06. The molecule has 0 aliphatic rings. The van der Waals surface area contributed by atoms with Crippen LogP contribution in [0.15, 0.2) is 0 Å². The molecular formula is C8H16ClOSi. The van der Waals surface area contributed by atoms with Crippen molar-refractivity contribution in [3.8, 4) is 0 Å². The van der Waals surface area contributed by atoms with Gasteiger partial charge in [0, 0.05) is 12.0 Å². The summed E-state index contributed by atoms with van der Waals surface area (Å²) >= 11 is 5.57. The Morgan fingerprint density at radius 3 is 2.45 bits per heavy atom. The molecule has 0 aromatic heterocycles. The van der Waals surface area contributed by atoms with Crippen molar-refractivity contribution < 1.29 is 4.43 Å². The van der Waals surface area contributed by atoms with Gasteiger partial charge in [-0.25, -0.2) is 0 Å². The number of hydrogen-bond donors (Lipinski definition) is 0. The van der Waals surface area contributed by atoms with E-state index in [-0.39, 0.29) is 0 Å². The summed E-state index contributed by atoms with van der Waals surface area (Å²) in [4.78, 5) is 0. The summed E-state index contributed by atoms with van der Waals surface area (Å²) in [6, 6.07) is 0. The van der Waals surface area contributed by atoms with Gasteiger partial charge >= 0.3 is 0 Å². The van der Waals surface area contributed by atoms with Crippen molar-refractivity contribution in [3.63, 3.8) is 0 Å². The van der Waals surface area contributed by atoms with Crippen LogP contribution in [0.5, 0.6) is 0 Å². The van der Waals surface area contributed by atoms with Gasteiger partial charge in [0.05, 0.1) is 0 Å². The first-order chi connectivity index (χ1) is 5.35. The topological polar surface area (TPSA) is 9.23 Å². The van der Waals surface area contributed by atoms with Crippen LogP contribution in [0.3, 0.4) is 0 Å². The van der Waals surface area contributed by atoms with Crippen molar-refractivity contribution in [2.24, 2.45) is 0 Å². The van der Waals surface area contributed by atoms with E-state index in [1.807, 2.05) is 0 Å². The molecule has 3 heteroatoms. The van der Waals surface area contributed by atoms with E-state index in [2.05, 4.69) is 17.4 Å². The van der Waals surface area contributed by atoms with Gasteiger partial charge in [-0.05, 0) is 19.3 Å². The molecule has 0 bridgehead atoms. The molecule has 1 atom stereocenters. The summed E-state index contributed by atoms with van der Waals surface area (Å²) < 4.78 is 5.10. The number of hydrogen-bond acceptors (Lipinski definition) is 1. The molecule has 0 aliphatic carbocycles. The van der Waals surface area contributed by atoms with Gasteiger partial charge < -0.3 is 4.43 Å². The molecule has 0 aromatic carbocycles. The van der Waals surface area contributed by atoms with E-state index >= 15 is 0 Å². The van der Waals surface area contributed by atoms with Crippen LogP contribution in [0.1, 0.15) is 39.0 Å². The SMILES string of the molecule is CCCCC(CCCCl)O[Si]. The second-order valence-electron chi connectivity index (χ2n) is 2.71. The molecule has 0 saturated carbocycles. The smallest absolute Gasteiger partial charge is 0.246 e. The second-order valence-corrected chi connectivity index (χ2v) is 3.33. The summed E-state index contributed by atoms with van der Waals surface area (Å²) in [7, 11) is 3.08. The van der Waals surface area contributed by atoms with E-state index in [0.717, 1.165) is 25.1 Å².